The van der Waals surface area contributed by atoms with Crippen molar-refractivity contribution in [2.24, 2.45) is 0 Å². The number of rotatable bonds is 3. The molecule has 0 saturated carbocycles. The van der Waals surface area contributed by atoms with Crippen LogP contribution in [0.5, 0.6) is 0 Å². The second kappa shape index (κ2) is 5.87. The van der Waals surface area contributed by atoms with Gasteiger partial charge in [-0.2, -0.15) is 5.10 Å². The van der Waals surface area contributed by atoms with Crippen molar-refractivity contribution in [2.75, 3.05) is 13.6 Å². The van der Waals surface area contributed by atoms with Crippen molar-refractivity contribution in [1.29, 1.82) is 0 Å². The molecule has 1 amide bonds. The van der Waals surface area contributed by atoms with Crippen molar-refractivity contribution in [3.8, 4) is 5.69 Å². The maximum absolute atomic E-state index is 13.9. The molecule has 0 aliphatic heterocycles. The summed E-state index contributed by atoms with van der Waals surface area (Å²) >= 11 is 0. The fourth-order valence-electron chi connectivity index (χ4n) is 1.89. The van der Waals surface area contributed by atoms with Gasteiger partial charge in [-0.15, -0.1) is 0 Å². The summed E-state index contributed by atoms with van der Waals surface area (Å²) in [6.07, 6.45) is 0. The number of aromatic nitrogens is 2. The topological polar surface area (TPSA) is 55.2 Å². The van der Waals surface area contributed by atoms with Gasteiger partial charge in [-0.25, -0.2) is 9.07 Å². The first-order chi connectivity index (χ1) is 9.95. The van der Waals surface area contributed by atoms with E-state index >= 15 is 0 Å². The number of halogens is 1. The lowest BCUT2D eigenvalue weighted by atomic mass is 10.2. The monoisotopic (exact) mass is 289 g/mol. The third-order valence-corrected chi connectivity index (χ3v) is 3.21. The van der Waals surface area contributed by atoms with E-state index in [1.807, 2.05) is 0 Å². The van der Waals surface area contributed by atoms with E-state index in [4.69, 9.17) is 0 Å². The lowest BCUT2D eigenvalue weighted by molar-refractivity contribution is 0.0793. The average Bonchev–Trinajstić information content (AvgIpc) is 2.47. The smallest absolute Gasteiger partial charge is 0.278 e. The molecule has 110 valence electrons. The molecule has 0 aliphatic rings. The maximum atomic E-state index is 13.9. The summed E-state index contributed by atoms with van der Waals surface area (Å²) in [5.41, 5.74) is -0.0254. The molecule has 0 saturated heterocycles. The molecule has 0 radical (unpaired) electrons. The predicted octanol–water partition coefficient (Wildman–Crippen LogP) is 1.77. The molecular weight excluding hydrogens is 273 g/mol. The van der Waals surface area contributed by atoms with Crippen molar-refractivity contribution >= 4 is 5.91 Å². The Kier molecular flexibility index (Phi) is 4.16. The predicted molar refractivity (Wildman–Crippen MR) is 77.2 cm³/mol. The van der Waals surface area contributed by atoms with Gasteiger partial charge in [0, 0.05) is 25.4 Å². The first kappa shape index (κ1) is 14.9. The number of nitrogens with zero attached hydrogens (tertiary/aromatic N) is 3. The van der Waals surface area contributed by atoms with Gasteiger partial charge >= 0.3 is 0 Å². The molecule has 0 N–H and O–H groups in total. The minimum absolute atomic E-state index is 0.197. The average molecular weight is 289 g/mol. The van der Waals surface area contributed by atoms with Crippen LogP contribution >= 0.6 is 0 Å². The third kappa shape index (κ3) is 2.84. The van der Waals surface area contributed by atoms with Crippen LogP contribution in [0.25, 0.3) is 5.69 Å². The van der Waals surface area contributed by atoms with E-state index < -0.39 is 17.2 Å². The van der Waals surface area contributed by atoms with Gasteiger partial charge in [-0.1, -0.05) is 12.1 Å². The van der Waals surface area contributed by atoms with Crippen molar-refractivity contribution in [1.82, 2.24) is 14.7 Å². The Hall–Kier alpha value is -2.50. The van der Waals surface area contributed by atoms with Gasteiger partial charge in [0.25, 0.3) is 5.91 Å². The van der Waals surface area contributed by atoms with Gasteiger partial charge in [0.2, 0.25) is 5.43 Å². The molecule has 0 unspecified atom stereocenters. The quantitative estimate of drug-likeness (QED) is 0.865. The highest BCUT2D eigenvalue weighted by Gasteiger charge is 2.18. The molecule has 6 heteroatoms. The van der Waals surface area contributed by atoms with Crippen molar-refractivity contribution in [2.45, 2.75) is 13.8 Å². The van der Waals surface area contributed by atoms with E-state index in [1.54, 1.807) is 33.0 Å². The van der Waals surface area contributed by atoms with Gasteiger partial charge < -0.3 is 4.90 Å². The minimum atomic E-state index is -0.479. The van der Waals surface area contributed by atoms with Crippen LogP contribution in [0.15, 0.2) is 35.1 Å². The highest BCUT2D eigenvalue weighted by atomic mass is 19.1. The number of carbonyl (C=O) groups is 1. The van der Waals surface area contributed by atoms with E-state index in [-0.39, 0.29) is 11.4 Å². The van der Waals surface area contributed by atoms with Gasteiger partial charge in [-0.05, 0) is 26.0 Å². The van der Waals surface area contributed by atoms with Gasteiger partial charge in [0.1, 0.15) is 11.5 Å². The Morgan fingerprint density at radius 1 is 1.38 bits per heavy atom. The molecule has 1 heterocycles. The molecule has 2 aromatic rings. The summed E-state index contributed by atoms with van der Waals surface area (Å²) < 4.78 is 15.2. The molecule has 0 spiro atoms. The number of benzene rings is 1. The molecular formula is C15H16FN3O2. The van der Waals surface area contributed by atoms with Crippen molar-refractivity contribution in [3.05, 3.63) is 57.8 Å². The van der Waals surface area contributed by atoms with Crippen molar-refractivity contribution < 1.29 is 9.18 Å². The molecule has 0 aliphatic carbocycles. The highest BCUT2D eigenvalue weighted by Crippen LogP contribution is 2.13. The number of aryl methyl sites for hydroxylation is 1. The summed E-state index contributed by atoms with van der Waals surface area (Å²) in [6, 6.07) is 7.35. The number of carbonyl (C=O) groups excluding carboxylic acids is 1. The molecule has 0 fully saturated rings. The Morgan fingerprint density at radius 2 is 2.05 bits per heavy atom. The first-order valence-corrected chi connectivity index (χ1v) is 6.57. The standard InChI is InChI=1S/C15H16FN3O2/c1-4-18(3)15(21)14-13(20)9-10(2)19(17-14)12-8-6-5-7-11(12)16/h5-9H,4H2,1-3H3. The summed E-state index contributed by atoms with van der Waals surface area (Å²) in [7, 11) is 1.58. The number of hydrogen-bond donors (Lipinski definition) is 0. The highest BCUT2D eigenvalue weighted by molar-refractivity contribution is 5.91. The third-order valence-electron chi connectivity index (χ3n) is 3.21. The Balaban J connectivity index is 2.62. The molecule has 5 nitrogen and oxygen atoms in total. The Labute approximate surface area is 121 Å². The summed E-state index contributed by atoms with van der Waals surface area (Å²) in [5.74, 6) is -0.952. The minimum Gasteiger partial charge on any atom is -0.340 e. The van der Waals surface area contributed by atoms with Crippen LogP contribution in [0.3, 0.4) is 0 Å². The number of para-hydroxylation sites is 1. The Bertz CT molecular complexity index is 740. The van der Waals surface area contributed by atoms with Crippen LogP contribution in [-0.2, 0) is 0 Å². The lowest BCUT2D eigenvalue weighted by Crippen LogP contribution is -2.33. The fraction of sp³-hybridized carbons (Fsp3) is 0.267. The van der Waals surface area contributed by atoms with Crippen LogP contribution in [0, 0.1) is 12.7 Å². The van der Waals surface area contributed by atoms with Crippen LogP contribution in [0.4, 0.5) is 4.39 Å². The lowest BCUT2D eigenvalue weighted by Gasteiger charge is -2.15. The molecule has 1 aromatic heterocycles. The number of amides is 1. The van der Waals surface area contributed by atoms with E-state index in [0.29, 0.717) is 12.2 Å². The molecule has 21 heavy (non-hydrogen) atoms. The van der Waals surface area contributed by atoms with Gasteiger partial charge in [-0.3, -0.25) is 9.59 Å². The summed E-state index contributed by atoms with van der Waals surface area (Å²) in [5, 5.41) is 4.04. The second-order valence-electron chi connectivity index (χ2n) is 4.68. The largest absolute Gasteiger partial charge is 0.340 e. The fourth-order valence-corrected chi connectivity index (χ4v) is 1.89. The van der Waals surface area contributed by atoms with E-state index in [2.05, 4.69) is 5.10 Å². The summed E-state index contributed by atoms with van der Waals surface area (Å²) in [6.45, 7) is 3.88. The first-order valence-electron chi connectivity index (χ1n) is 6.57. The maximum Gasteiger partial charge on any atom is 0.278 e. The van der Waals surface area contributed by atoms with Crippen LogP contribution in [0.1, 0.15) is 23.1 Å². The SMILES string of the molecule is CCN(C)C(=O)c1nn(-c2ccccc2F)c(C)cc1=O. The Morgan fingerprint density at radius 3 is 2.67 bits per heavy atom. The van der Waals surface area contributed by atoms with Crippen LogP contribution in [0.2, 0.25) is 0 Å². The molecule has 0 atom stereocenters. The second-order valence-corrected chi connectivity index (χ2v) is 4.68. The number of hydrogen-bond acceptors (Lipinski definition) is 3. The normalized spacial score (nSPS) is 10.5. The van der Waals surface area contributed by atoms with Crippen LogP contribution < -0.4 is 5.43 Å². The van der Waals surface area contributed by atoms with E-state index in [1.165, 1.54) is 27.8 Å². The molecule has 1 aromatic carbocycles. The van der Waals surface area contributed by atoms with Gasteiger partial charge in [0.05, 0.1) is 0 Å². The molecule has 0 bridgehead atoms. The zero-order chi connectivity index (χ0) is 15.6. The summed E-state index contributed by atoms with van der Waals surface area (Å²) in [4.78, 5) is 25.5. The van der Waals surface area contributed by atoms with E-state index in [9.17, 15) is 14.0 Å². The zero-order valence-corrected chi connectivity index (χ0v) is 12.1. The zero-order valence-electron chi connectivity index (χ0n) is 12.1. The molecule has 2 rings (SSSR count). The van der Waals surface area contributed by atoms with E-state index in [0.717, 1.165) is 0 Å². The van der Waals surface area contributed by atoms with Gasteiger partial charge in [0.15, 0.2) is 5.69 Å². The van der Waals surface area contributed by atoms with Crippen molar-refractivity contribution in [3.63, 3.8) is 0 Å². The van der Waals surface area contributed by atoms with Crippen LogP contribution in [-0.4, -0.2) is 34.2 Å².